The summed E-state index contributed by atoms with van der Waals surface area (Å²) >= 11 is 1.43. The molecule has 4 bridgehead atoms. The maximum absolute atomic E-state index is 13.6. The van der Waals surface area contributed by atoms with Crippen molar-refractivity contribution in [2.75, 3.05) is 33.8 Å². The molecule has 0 spiro atoms. The fourth-order valence-corrected chi connectivity index (χ4v) is 6.46. The fraction of sp³-hybridized carbons (Fsp3) is 0.314. The van der Waals surface area contributed by atoms with Crippen molar-refractivity contribution in [1.29, 1.82) is 0 Å². The Kier molecular flexibility index (Phi) is 9.60. The van der Waals surface area contributed by atoms with Crippen molar-refractivity contribution in [2.45, 2.75) is 38.0 Å². The lowest BCUT2D eigenvalue weighted by atomic mass is 10.0. The summed E-state index contributed by atoms with van der Waals surface area (Å²) in [5, 5.41) is 5.64. The van der Waals surface area contributed by atoms with Crippen molar-refractivity contribution in [3.63, 3.8) is 0 Å². The highest BCUT2D eigenvalue weighted by Crippen LogP contribution is 2.33. The molecule has 238 valence electrons. The Hall–Kier alpha value is -4.74. The van der Waals surface area contributed by atoms with Gasteiger partial charge >= 0.3 is 0 Å². The number of piperidine rings is 1. The third-order valence-corrected chi connectivity index (χ3v) is 9.08. The Morgan fingerprint density at radius 3 is 2.70 bits per heavy atom. The molecule has 3 aliphatic heterocycles. The van der Waals surface area contributed by atoms with Gasteiger partial charge in [-0.25, -0.2) is 4.98 Å². The number of hydrogen-bond donors (Lipinski definition) is 1. The molecule has 3 aromatic carbocycles. The van der Waals surface area contributed by atoms with Gasteiger partial charge in [0.2, 0.25) is 11.8 Å². The van der Waals surface area contributed by atoms with Gasteiger partial charge in [-0.3, -0.25) is 14.4 Å². The predicted octanol–water partition coefficient (Wildman–Crippen LogP) is 4.93. The highest BCUT2D eigenvalue weighted by molar-refractivity contribution is 7.13. The van der Waals surface area contributed by atoms with Crippen LogP contribution in [0.5, 0.6) is 17.2 Å². The number of ether oxygens (including phenoxy) is 3. The first-order chi connectivity index (χ1) is 22.4. The number of methoxy groups -OCH3 is 1. The number of aromatic nitrogens is 1. The molecule has 3 aliphatic rings. The summed E-state index contributed by atoms with van der Waals surface area (Å²) < 4.78 is 18.2. The minimum Gasteiger partial charge on any atom is -0.493 e. The zero-order chi connectivity index (χ0) is 32.0. The summed E-state index contributed by atoms with van der Waals surface area (Å²) in [4.78, 5) is 47.4. The molecule has 0 aliphatic carbocycles. The van der Waals surface area contributed by atoms with E-state index in [4.69, 9.17) is 14.2 Å². The van der Waals surface area contributed by atoms with Crippen LogP contribution in [-0.4, -0.2) is 78.4 Å². The van der Waals surface area contributed by atoms with Crippen LogP contribution in [0.25, 0.3) is 10.6 Å². The van der Waals surface area contributed by atoms with Gasteiger partial charge in [0.25, 0.3) is 5.91 Å². The molecule has 4 aromatic rings. The lowest BCUT2D eigenvalue weighted by Gasteiger charge is -2.38. The second-order valence-electron chi connectivity index (χ2n) is 11.5. The zero-order valence-corrected chi connectivity index (χ0v) is 26.6. The number of thiazole rings is 1. The van der Waals surface area contributed by atoms with Gasteiger partial charge in [0, 0.05) is 37.5 Å². The van der Waals surface area contributed by atoms with Crippen molar-refractivity contribution in [3.8, 4) is 27.8 Å². The summed E-state index contributed by atoms with van der Waals surface area (Å²) in [6.07, 6.45) is 0.732. The van der Waals surface area contributed by atoms with E-state index in [1.165, 1.54) is 16.2 Å². The van der Waals surface area contributed by atoms with Gasteiger partial charge in [-0.15, -0.1) is 11.3 Å². The van der Waals surface area contributed by atoms with Crippen LogP contribution in [0.3, 0.4) is 0 Å². The van der Waals surface area contributed by atoms with E-state index >= 15 is 0 Å². The summed E-state index contributed by atoms with van der Waals surface area (Å²) in [5.41, 5.74) is 3.14. The summed E-state index contributed by atoms with van der Waals surface area (Å²) in [6, 6.07) is 22.6. The molecule has 0 radical (unpaired) electrons. The lowest BCUT2D eigenvalue weighted by molar-refractivity contribution is -0.135. The van der Waals surface area contributed by atoms with Gasteiger partial charge in [-0.1, -0.05) is 48.5 Å². The lowest BCUT2D eigenvalue weighted by Crippen LogP contribution is -2.57. The minimum absolute atomic E-state index is 0.0794. The Morgan fingerprint density at radius 1 is 1.02 bits per heavy atom. The smallest absolute Gasteiger partial charge is 0.273 e. The fourth-order valence-electron chi connectivity index (χ4n) is 5.66. The van der Waals surface area contributed by atoms with E-state index in [1.54, 1.807) is 24.4 Å². The molecule has 1 fully saturated rings. The number of nitrogens with one attached hydrogen (secondary N) is 1. The molecule has 0 saturated carbocycles. The molecular formula is C35H36N4O6S. The molecule has 0 unspecified atom stereocenters. The number of likely N-dealkylation sites (N-methyl/N-ethyl adjacent to an activating group) is 1. The van der Waals surface area contributed by atoms with Crippen molar-refractivity contribution >= 4 is 29.1 Å². The van der Waals surface area contributed by atoms with E-state index in [2.05, 4.69) is 10.3 Å². The van der Waals surface area contributed by atoms with E-state index in [0.717, 1.165) is 21.7 Å². The number of benzene rings is 3. The third-order valence-electron chi connectivity index (χ3n) is 8.19. The zero-order valence-electron chi connectivity index (χ0n) is 25.8. The quantitative estimate of drug-likeness (QED) is 0.338. The first-order valence-electron chi connectivity index (χ1n) is 15.2. The Bertz CT molecular complexity index is 1710. The number of amides is 3. The second-order valence-corrected chi connectivity index (χ2v) is 12.3. The largest absolute Gasteiger partial charge is 0.493 e. The van der Waals surface area contributed by atoms with Crippen LogP contribution in [0, 0.1) is 0 Å². The van der Waals surface area contributed by atoms with Gasteiger partial charge < -0.3 is 29.3 Å². The van der Waals surface area contributed by atoms with Crippen LogP contribution < -0.4 is 14.8 Å². The van der Waals surface area contributed by atoms with Crippen LogP contribution in [-0.2, 0) is 27.4 Å². The van der Waals surface area contributed by atoms with Crippen LogP contribution in [0.1, 0.15) is 34.5 Å². The monoisotopic (exact) mass is 640 g/mol. The van der Waals surface area contributed by atoms with E-state index in [-0.39, 0.29) is 49.9 Å². The molecule has 46 heavy (non-hydrogen) atoms. The van der Waals surface area contributed by atoms with Crippen LogP contribution >= 0.6 is 11.3 Å². The van der Waals surface area contributed by atoms with E-state index in [0.29, 0.717) is 42.3 Å². The number of aryl methyl sites for hydroxylation is 1. The summed E-state index contributed by atoms with van der Waals surface area (Å²) in [6.45, 7) is 0.860. The van der Waals surface area contributed by atoms with Crippen molar-refractivity contribution in [2.24, 2.45) is 0 Å². The van der Waals surface area contributed by atoms with E-state index in [1.807, 2.05) is 72.8 Å². The minimum atomic E-state index is -0.492. The van der Waals surface area contributed by atoms with E-state index in [9.17, 15) is 14.4 Å². The number of rotatable bonds is 3. The molecule has 10 nitrogen and oxygen atoms in total. The SMILES string of the molecule is COc1cc2ccc1Oc1cccc(c1)CO[C@H]1CN(C(=O)c3csc(-c4ccccc4)n3)CC[C@@H]1NC(=O)CN(C)C(=O)CC2. The molecule has 1 N–H and O–H groups in total. The summed E-state index contributed by atoms with van der Waals surface area (Å²) in [7, 11) is 3.20. The number of likely N-dealkylation sites (tertiary alicyclic amines) is 1. The summed E-state index contributed by atoms with van der Waals surface area (Å²) in [5.74, 6) is 1.13. The van der Waals surface area contributed by atoms with Crippen molar-refractivity contribution < 1.29 is 28.6 Å². The molecule has 7 rings (SSSR count). The number of carbonyl (C=O) groups excluding carboxylic acids is 3. The Labute approximate surface area is 271 Å². The van der Waals surface area contributed by atoms with Crippen LogP contribution in [0.2, 0.25) is 0 Å². The Morgan fingerprint density at radius 2 is 1.87 bits per heavy atom. The maximum atomic E-state index is 13.6. The number of hydrogen-bond acceptors (Lipinski definition) is 8. The molecule has 4 heterocycles. The van der Waals surface area contributed by atoms with Crippen LogP contribution in [0.4, 0.5) is 0 Å². The number of fused-ring (bicyclic) bond motifs is 9. The number of carbonyl (C=O) groups is 3. The van der Waals surface area contributed by atoms with Gasteiger partial charge in [-0.2, -0.15) is 0 Å². The van der Waals surface area contributed by atoms with E-state index < -0.39 is 6.10 Å². The first kappa shape index (κ1) is 31.3. The van der Waals surface area contributed by atoms with Gasteiger partial charge in [-0.05, 0) is 48.2 Å². The van der Waals surface area contributed by atoms with Gasteiger partial charge in [0.1, 0.15) is 16.5 Å². The highest BCUT2D eigenvalue weighted by atomic mass is 32.1. The topological polar surface area (TPSA) is 110 Å². The third kappa shape index (κ3) is 7.38. The molecule has 3 amide bonds. The average Bonchev–Trinajstić information content (AvgIpc) is 3.57. The Balaban J connectivity index is 1.23. The molecule has 1 saturated heterocycles. The average molecular weight is 641 g/mol. The molecular weight excluding hydrogens is 604 g/mol. The van der Waals surface area contributed by atoms with Crippen molar-refractivity contribution in [3.05, 3.63) is 95.0 Å². The van der Waals surface area contributed by atoms with Crippen LogP contribution in [0.15, 0.2) is 78.2 Å². The van der Waals surface area contributed by atoms with Gasteiger partial charge in [0.15, 0.2) is 11.5 Å². The van der Waals surface area contributed by atoms with Crippen molar-refractivity contribution in [1.82, 2.24) is 20.1 Å². The maximum Gasteiger partial charge on any atom is 0.273 e. The molecule has 1 aromatic heterocycles. The standard InChI is InChI=1S/C35H36N4O6S/c1-38-20-32(40)36-27-15-16-39(35(42)28-22-46-34(37-28)25-8-4-3-5-9-25)19-31(27)44-21-24-7-6-10-26(17-24)45-29-13-11-23(12-14-33(38)41)18-30(29)43-2/h3-11,13,17-18,22,27,31H,12,14-16,19-21H2,1-2H3,(H,36,40)/t27-,31-/m0/s1. The van der Waals surface area contributed by atoms with Gasteiger partial charge in [0.05, 0.1) is 32.4 Å². The predicted molar refractivity (Wildman–Crippen MR) is 174 cm³/mol. The molecule has 11 heteroatoms. The molecule has 2 atom stereocenters. The normalized spacial score (nSPS) is 19.3. The first-order valence-corrected chi connectivity index (χ1v) is 16.1. The number of nitrogens with zero attached hydrogens (tertiary/aromatic N) is 3. The second kappa shape index (κ2) is 14.1. The highest BCUT2D eigenvalue weighted by Gasteiger charge is 2.34.